The summed E-state index contributed by atoms with van der Waals surface area (Å²) < 4.78 is 10.9. The van der Waals surface area contributed by atoms with Gasteiger partial charge in [-0.05, 0) is 19.4 Å². The van der Waals surface area contributed by atoms with Crippen LogP contribution in [0.15, 0.2) is 6.33 Å². The van der Waals surface area contributed by atoms with Crippen molar-refractivity contribution >= 4 is 11.5 Å². The van der Waals surface area contributed by atoms with Crippen LogP contribution in [0.1, 0.15) is 26.2 Å². The Morgan fingerprint density at radius 3 is 2.91 bits per heavy atom. The molecule has 7 heteroatoms. The van der Waals surface area contributed by atoms with Gasteiger partial charge in [-0.2, -0.15) is 4.98 Å². The molecule has 0 radical (unpaired) electrons. The van der Waals surface area contributed by atoms with Crippen molar-refractivity contribution in [1.82, 2.24) is 14.9 Å². The highest BCUT2D eigenvalue weighted by molar-refractivity contribution is 5.66. The predicted octanol–water partition coefficient (Wildman–Crippen LogP) is 1.37. The van der Waals surface area contributed by atoms with Crippen molar-refractivity contribution in [3.05, 3.63) is 6.33 Å². The molecule has 0 spiro atoms. The maximum Gasteiger partial charge on any atom is 0.242 e. The zero-order valence-corrected chi connectivity index (χ0v) is 13.4. The zero-order valence-electron chi connectivity index (χ0n) is 13.4. The van der Waals surface area contributed by atoms with Crippen molar-refractivity contribution < 1.29 is 9.47 Å². The molecule has 0 aliphatic carbocycles. The van der Waals surface area contributed by atoms with Gasteiger partial charge in [0.25, 0.3) is 0 Å². The number of rotatable bonds is 9. The predicted molar refractivity (Wildman–Crippen MR) is 87.2 cm³/mol. The number of anilines is 2. The second-order valence-electron chi connectivity index (χ2n) is 5.38. The number of morpholine rings is 1. The fourth-order valence-electron chi connectivity index (χ4n) is 2.28. The van der Waals surface area contributed by atoms with Crippen molar-refractivity contribution in [3.8, 4) is 5.88 Å². The number of nitrogens with zero attached hydrogens (tertiary/aromatic N) is 3. The van der Waals surface area contributed by atoms with Crippen LogP contribution in [0.3, 0.4) is 0 Å². The second-order valence-corrected chi connectivity index (χ2v) is 5.38. The first-order chi connectivity index (χ1) is 10.8. The van der Waals surface area contributed by atoms with Crippen molar-refractivity contribution in [2.45, 2.75) is 26.2 Å². The Bertz CT molecular complexity index is 438. The van der Waals surface area contributed by atoms with E-state index in [1.165, 1.54) is 6.33 Å². The molecule has 0 atom stereocenters. The first-order valence-electron chi connectivity index (χ1n) is 8.08. The van der Waals surface area contributed by atoms with E-state index in [2.05, 4.69) is 27.1 Å². The van der Waals surface area contributed by atoms with Crippen molar-refractivity contribution in [3.63, 3.8) is 0 Å². The molecular formula is C15H27N5O2. The molecule has 1 aromatic heterocycles. The van der Waals surface area contributed by atoms with Gasteiger partial charge in [0.05, 0.1) is 19.8 Å². The number of aromatic nitrogens is 2. The molecule has 7 nitrogen and oxygen atoms in total. The van der Waals surface area contributed by atoms with Gasteiger partial charge < -0.3 is 20.5 Å². The number of nitrogen functional groups attached to an aromatic ring is 1. The first kappa shape index (κ1) is 16.8. The van der Waals surface area contributed by atoms with Gasteiger partial charge in [-0.25, -0.2) is 4.98 Å². The number of ether oxygens (including phenoxy) is 2. The van der Waals surface area contributed by atoms with E-state index >= 15 is 0 Å². The van der Waals surface area contributed by atoms with Crippen molar-refractivity contribution in [2.75, 3.05) is 57.1 Å². The average Bonchev–Trinajstić information content (AvgIpc) is 2.55. The maximum atomic E-state index is 6.05. The maximum absolute atomic E-state index is 6.05. The molecule has 1 aliphatic heterocycles. The minimum atomic E-state index is 0.471. The lowest BCUT2D eigenvalue weighted by Crippen LogP contribution is -2.37. The minimum absolute atomic E-state index is 0.471. The third-order valence-corrected chi connectivity index (χ3v) is 3.63. The molecule has 2 rings (SSSR count). The largest absolute Gasteiger partial charge is 0.476 e. The zero-order chi connectivity index (χ0) is 15.6. The highest BCUT2D eigenvalue weighted by Gasteiger charge is 2.11. The monoisotopic (exact) mass is 309 g/mol. The van der Waals surface area contributed by atoms with Crippen LogP contribution >= 0.6 is 0 Å². The third kappa shape index (κ3) is 5.31. The molecule has 3 N–H and O–H groups in total. The molecule has 1 aliphatic rings. The molecular weight excluding hydrogens is 282 g/mol. The fourth-order valence-corrected chi connectivity index (χ4v) is 2.28. The van der Waals surface area contributed by atoms with Crippen molar-refractivity contribution in [2.24, 2.45) is 0 Å². The van der Waals surface area contributed by atoms with Crippen LogP contribution in [0.25, 0.3) is 0 Å². The van der Waals surface area contributed by atoms with Gasteiger partial charge in [0.15, 0.2) is 5.82 Å². The summed E-state index contributed by atoms with van der Waals surface area (Å²) in [7, 11) is 0. The normalized spacial score (nSPS) is 15.7. The van der Waals surface area contributed by atoms with E-state index in [1.54, 1.807) is 0 Å². The molecule has 0 amide bonds. The first-order valence-corrected chi connectivity index (χ1v) is 8.08. The van der Waals surface area contributed by atoms with E-state index in [4.69, 9.17) is 15.2 Å². The van der Waals surface area contributed by atoms with Gasteiger partial charge in [0.1, 0.15) is 12.0 Å². The molecule has 124 valence electrons. The summed E-state index contributed by atoms with van der Waals surface area (Å²) in [4.78, 5) is 10.7. The summed E-state index contributed by atoms with van der Waals surface area (Å²) in [5.74, 6) is 1.13. The summed E-state index contributed by atoms with van der Waals surface area (Å²) >= 11 is 0. The van der Waals surface area contributed by atoms with Crippen LogP contribution in [0.4, 0.5) is 11.5 Å². The Labute approximate surface area is 132 Å². The molecule has 2 heterocycles. The lowest BCUT2D eigenvalue weighted by Gasteiger charge is -2.26. The van der Waals surface area contributed by atoms with Gasteiger partial charge in [-0.15, -0.1) is 0 Å². The van der Waals surface area contributed by atoms with Crippen LogP contribution in [0.5, 0.6) is 5.88 Å². The van der Waals surface area contributed by atoms with Gasteiger partial charge in [0, 0.05) is 19.6 Å². The summed E-state index contributed by atoms with van der Waals surface area (Å²) in [5, 5.41) is 3.27. The number of nitrogens with one attached hydrogen (secondary N) is 1. The van der Waals surface area contributed by atoms with Crippen molar-refractivity contribution in [1.29, 1.82) is 0 Å². The standard InChI is InChI=1S/C15H27N5O2/c1-2-3-9-22-15-13(16)14(18-12-19-15)17-5-4-6-20-7-10-21-11-8-20/h12H,2-11,16H2,1H3,(H,17,18,19). The highest BCUT2D eigenvalue weighted by atomic mass is 16.5. The van der Waals surface area contributed by atoms with E-state index in [9.17, 15) is 0 Å². The fraction of sp³-hybridized carbons (Fsp3) is 0.733. The SMILES string of the molecule is CCCCOc1ncnc(NCCCN2CCOCC2)c1N. The Morgan fingerprint density at radius 2 is 2.14 bits per heavy atom. The summed E-state index contributed by atoms with van der Waals surface area (Å²) in [6.45, 7) is 8.35. The molecule has 22 heavy (non-hydrogen) atoms. The molecule has 1 aromatic rings. The van der Waals surface area contributed by atoms with Crippen LogP contribution < -0.4 is 15.8 Å². The van der Waals surface area contributed by atoms with E-state index in [0.717, 1.165) is 58.7 Å². The van der Waals surface area contributed by atoms with E-state index in [-0.39, 0.29) is 0 Å². The van der Waals surface area contributed by atoms with Crippen LogP contribution in [0, 0.1) is 0 Å². The smallest absolute Gasteiger partial charge is 0.242 e. The topological polar surface area (TPSA) is 85.5 Å². The van der Waals surface area contributed by atoms with Crippen LogP contribution in [-0.2, 0) is 4.74 Å². The van der Waals surface area contributed by atoms with Crippen LogP contribution in [0.2, 0.25) is 0 Å². The van der Waals surface area contributed by atoms with Crippen LogP contribution in [-0.4, -0.2) is 60.9 Å². The van der Waals surface area contributed by atoms with E-state index < -0.39 is 0 Å². The Kier molecular flexibility index (Phi) is 7.18. The molecule has 0 unspecified atom stereocenters. The number of unbranched alkanes of at least 4 members (excludes halogenated alkanes) is 1. The lowest BCUT2D eigenvalue weighted by molar-refractivity contribution is 0.0378. The van der Waals surface area contributed by atoms with Gasteiger partial charge in [-0.3, -0.25) is 4.90 Å². The number of nitrogens with two attached hydrogens (primary N) is 1. The summed E-state index contributed by atoms with van der Waals surface area (Å²) in [6, 6.07) is 0. The van der Waals surface area contributed by atoms with E-state index in [0.29, 0.717) is 24.0 Å². The Balaban J connectivity index is 1.73. The van der Waals surface area contributed by atoms with Gasteiger partial charge in [-0.1, -0.05) is 13.3 Å². The highest BCUT2D eigenvalue weighted by Crippen LogP contribution is 2.24. The molecule has 1 fully saturated rings. The van der Waals surface area contributed by atoms with E-state index in [1.807, 2.05) is 0 Å². The minimum Gasteiger partial charge on any atom is -0.476 e. The molecule has 0 aromatic carbocycles. The summed E-state index contributed by atoms with van der Waals surface area (Å²) in [5.41, 5.74) is 6.54. The van der Waals surface area contributed by atoms with Gasteiger partial charge in [0.2, 0.25) is 5.88 Å². The molecule has 1 saturated heterocycles. The third-order valence-electron chi connectivity index (χ3n) is 3.63. The Hall–Kier alpha value is -1.60. The number of hydrogen-bond acceptors (Lipinski definition) is 7. The Morgan fingerprint density at radius 1 is 1.32 bits per heavy atom. The number of hydrogen-bond donors (Lipinski definition) is 2. The average molecular weight is 309 g/mol. The second kappa shape index (κ2) is 9.42. The molecule has 0 saturated carbocycles. The lowest BCUT2D eigenvalue weighted by atomic mass is 10.3. The quantitative estimate of drug-likeness (QED) is 0.666. The van der Waals surface area contributed by atoms with Gasteiger partial charge >= 0.3 is 0 Å². The molecule has 0 bridgehead atoms. The summed E-state index contributed by atoms with van der Waals surface area (Å²) in [6.07, 6.45) is 4.60.